The van der Waals surface area contributed by atoms with Crippen molar-refractivity contribution in [1.29, 1.82) is 0 Å². The maximum atomic E-state index is 11.6. The molecule has 0 radical (unpaired) electrons. The summed E-state index contributed by atoms with van der Waals surface area (Å²) in [7, 11) is 2.51. The van der Waals surface area contributed by atoms with E-state index in [2.05, 4.69) is 9.47 Å². The Labute approximate surface area is 138 Å². The third kappa shape index (κ3) is 3.78. The molecule has 0 atom stereocenters. The van der Waals surface area contributed by atoms with Crippen LogP contribution in [0.3, 0.4) is 0 Å². The summed E-state index contributed by atoms with van der Waals surface area (Å²) in [5.41, 5.74) is 0.948. The second-order valence-corrected chi connectivity index (χ2v) is 4.88. The van der Waals surface area contributed by atoms with E-state index in [0.29, 0.717) is 22.6 Å². The van der Waals surface area contributed by atoms with Crippen LogP contribution in [0.2, 0.25) is 0 Å². The summed E-state index contributed by atoms with van der Waals surface area (Å²) in [6.45, 7) is 1.27. The van der Waals surface area contributed by atoms with Crippen LogP contribution in [0, 0.1) is 0 Å². The van der Waals surface area contributed by atoms with E-state index in [0.717, 1.165) is 0 Å². The third-order valence-corrected chi connectivity index (χ3v) is 3.27. The number of carbonyl (C=O) groups excluding carboxylic acids is 3. The van der Waals surface area contributed by atoms with Gasteiger partial charge >= 0.3 is 11.9 Å². The molecule has 6 nitrogen and oxygen atoms in total. The Morgan fingerprint density at radius 3 is 2.42 bits per heavy atom. The summed E-state index contributed by atoms with van der Waals surface area (Å²) in [5, 5.41) is 0. The van der Waals surface area contributed by atoms with E-state index in [1.807, 2.05) is 0 Å². The minimum atomic E-state index is -0.729. The summed E-state index contributed by atoms with van der Waals surface area (Å²) < 4.78 is 14.9. The fourth-order valence-electron chi connectivity index (χ4n) is 2.06. The summed E-state index contributed by atoms with van der Waals surface area (Å²) in [5.74, 6) is -0.794. The van der Waals surface area contributed by atoms with E-state index in [1.165, 1.54) is 27.2 Å². The van der Waals surface area contributed by atoms with Gasteiger partial charge in [0.15, 0.2) is 5.78 Å². The molecule has 0 saturated carbocycles. The van der Waals surface area contributed by atoms with Crippen molar-refractivity contribution in [2.75, 3.05) is 14.2 Å². The molecule has 0 aliphatic heterocycles. The van der Waals surface area contributed by atoms with E-state index < -0.39 is 17.7 Å². The Morgan fingerprint density at radius 1 is 1.04 bits per heavy atom. The minimum Gasteiger partial charge on any atom is -0.465 e. The number of ketones is 1. The van der Waals surface area contributed by atoms with Crippen LogP contribution in [-0.4, -0.2) is 31.9 Å². The number of esters is 2. The Kier molecular flexibility index (Phi) is 5.31. The molecule has 0 unspecified atom stereocenters. The Balaban J connectivity index is 2.36. The van der Waals surface area contributed by atoms with E-state index in [-0.39, 0.29) is 5.57 Å². The van der Waals surface area contributed by atoms with E-state index in [9.17, 15) is 14.4 Å². The van der Waals surface area contributed by atoms with E-state index in [4.69, 9.17) is 4.42 Å². The zero-order chi connectivity index (χ0) is 17.7. The van der Waals surface area contributed by atoms with Crippen LogP contribution in [0.15, 0.2) is 46.4 Å². The lowest BCUT2D eigenvalue weighted by Crippen LogP contribution is -2.11. The molecule has 0 amide bonds. The van der Waals surface area contributed by atoms with Crippen LogP contribution in [0.25, 0.3) is 17.4 Å². The highest BCUT2D eigenvalue weighted by Crippen LogP contribution is 2.24. The molecule has 0 spiro atoms. The SMILES string of the molecule is COC(=O)/C(=C\c1ccc(-c2cccc(C(=O)OC)c2)o1)C(C)=O. The molecule has 0 bridgehead atoms. The third-order valence-electron chi connectivity index (χ3n) is 3.27. The summed E-state index contributed by atoms with van der Waals surface area (Å²) in [6.07, 6.45) is 1.32. The van der Waals surface area contributed by atoms with Gasteiger partial charge in [0.05, 0.1) is 19.8 Å². The fraction of sp³-hybridized carbons (Fsp3) is 0.167. The van der Waals surface area contributed by atoms with Crippen LogP contribution in [-0.2, 0) is 19.1 Å². The molecule has 2 aromatic rings. The van der Waals surface area contributed by atoms with E-state index in [1.54, 1.807) is 36.4 Å². The second kappa shape index (κ2) is 7.41. The number of furan rings is 1. The van der Waals surface area contributed by atoms with Crippen molar-refractivity contribution in [1.82, 2.24) is 0 Å². The molecule has 1 aromatic carbocycles. The highest BCUT2D eigenvalue weighted by Gasteiger charge is 2.16. The minimum absolute atomic E-state index is 0.110. The predicted molar refractivity (Wildman–Crippen MR) is 86.2 cm³/mol. The first kappa shape index (κ1) is 17.2. The lowest BCUT2D eigenvalue weighted by molar-refractivity contribution is -0.137. The van der Waals surface area contributed by atoms with Crippen molar-refractivity contribution in [2.45, 2.75) is 6.92 Å². The maximum Gasteiger partial charge on any atom is 0.341 e. The number of hydrogen-bond acceptors (Lipinski definition) is 6. The molecule has 0 aliphatic rings. The number of ether oxygens (including phenoxy) is 2. The molecule has 1 aromatic heterocycles. The van der Waals surface area contributed by atoms with Gasteiger partial charge in [-0.25, -0.2) is 9.59 Å². The zero-order valence-corrected chi connectivity index (χ0v) is 13.5. The Morgan fingerprint density at radius 2 is 1.79 bits per heavy atom. The monoisotopic (exact) mass is 328 g/mol. The zero-order valence-electron chi connectivity index (χ0n) is 13.5. The molecule has 24 heavy (non-hydrogen) atoms. The first-order valence-electron chi connectivity index (χ1n) is 7.05. The van der Waals surface area contributed by atoms with Crippen molar-refractivity contribution in [3.05, 3.63) is 53.3 Å². The summed E-state index contributed by atoms with van der Waals surface area (Å²) in [4.78, 5) is 34.7. The molecule has 0 aliphatic carbocycles. The number of Topliss-reactive ketones (excluding diaryl/α,β-unsaturated/α-hetero) is 1. The van der Waals surface area contributed by atoms with Crippen LogP contribution < -0.4 is 0 Å². The van der Waals surface area contributed by atoms with Gasteiger partial charge in [-0.3, -0.25) is 4.79 Å². The van der Waals surface area contributed by atoms with Crippen LogP contribution in [0.5, 0.6) is 0 Å². The predicted octanol–water partition coefficient (Wildman–Crippen LogP) is 2.88. The average molecular weight is 328 g/mol. The van der Waals surface area contributed by atoms with Gasteiger partial charge in [0.1, 0.15) is 17.1 Å². The standard InChI is InChI=1S/C18H16O6/c1-11(19)15(18(21)23-3)10-14-7-8-16(24-14)12-5-4-6-13(9-12)17(20)22-2/h4-10H,1-3H3/b15-10-. The van der Waals surface area contributed by atoms with Crippen LogP contribution >= 0.6 is 0 Å². The molecular weight excluding hydrogens is 312 g/mol. The van der Waals surface area contributed by atoms with Crippen molar-refractivity contribution in [3.63, 3.8) is 0 Å². The highest BCUT2D eigenvalue weighted by molar-refractivity contribution is 6.19. The lowest BCUT2D eigenvalue weighted by atomic mass is 10.1. The molecular formula is C18H16O6. The fourth-order valence-corrected chi connectivity index (χ4v) is 2.06. The van der Waals surface area contributed by atoms with Crippen LogP contribution in [0.1, 0.15) is 23.0 Å². The van der Waals surface area contributed by atoms with Gasteiger partial charge in [0, 0.05) is 5.56 Å². The molecule has 2 rings (SSSR count). The molecule has 0 N–H and O–H groups in total. The summed E-state index contributed by atoms with van der Waals surface area (Å²) in [6, 6.07) is 10.0. The van der Waals surface area contributed by atoms with Gasteiger partial charge in [0.2, 0.25) is 0 Å². The lowest BCUT2D eigenvalue weighted by Gasteiger charge is -2.02. The molecule has 0 saturated heterocycles. The molecule has 6 heteroatoms. The molecule has 124 valence electrons. The smallest absolute Gasteiger partial charge is 0.341 e. The number of rotatable bonds is 5. The first-order valence-corrected chi connectivity index (χ1v) is 7.05. The van der Waals surface area contributed by atoms with Gasteiger partial charge in [-0.1, -0.05) is 12.1 Å². The quantitative estimate of drug-likeness (QED) is 0.363. The largest absolute Gasteiger partial charge is 0.465 e. The average Bonchev–Trinajstić information content (AvgIpc) is 3.07. The van der Waals surface area contributed by atoms with E-state index >= 15 is 0 Å². The normalized spacial score (nSPS) is 11.0. The van der Waals surface area contributed by atoms with Gasteiger partial charge in [0.25, 0.3) is 0 Å². The van der Waals surface area contributed by atoms with Crippen molar-refractivity contribution >= 4 is 23.8 Å². The number of benzene rings is 1. The number of carbonyl (C=O) groups is 3. The maximum absolute atomic E-state index is 11.6. The molecule has 0 fully saturated rings. The van der Waals surface area contributed by atoms with Crippen molar-refractivity contribution < 1.29 is 28.3 Å². The second-order valence-electron chi connectivity index (χ2n) is 4.88. The van der Waals surface area contributed by atoms with Crippen molar-refractivity contribution in [2.24, 2.45) is 0 Å². The number of methoxy groups -OCH3 is 2. The Hall–Kier alpha value is -3.15. The Bertz CT molecular complexity index is 812. The highest BCUT2D eigenvalue weighted by atomic mass is 16.5. The molecule has 1 heterocycles. The first-order chi connectivity index (χ1) is 11.5. The van der Waals surface area contributed by atoms with Gasteiger partial charge in [-0.2, -0.15) is 0 Å². The summed E-state index contributed by atoms with van der Waals surface area (Å²) >= 11 is 0. The topological polar surface area (TPSA) is 82.8 Å². The van der Waals surface area contributed by atoms with Gasteiger partial charge in [-0.05, 0) is 37.3 Å². The van der Waals surface area contributed by atoms with Crippen LogP contribution in [0.4, 0.5) is 0 Å². The van der Waals surface area contributed by atoms with Gasteiger partial charge in [-0.15, -0.1) is 0 Å². The van der Waals surface area contributed by atoms with Gasteiger partial charge < -0.3 is 13.9 Å². The number of hydrogen-bond donors (Lipinski definition) is 0. The van der Waals surface area contributed by atoms with Crippen molar-refractivity contribution in [3.8, 4) is 11.3 Å².